The first-order chi connectivity index (χ1) is 11.4. The summed E-state index contributed by atoms with van der Waals surface area (Å²) in [5, 5.41) is 17.4. The predicted octanol–water partition coefficient (Wildman–Crippen LogP) is 1.10. The quantitative estimate of drug-likeness (QED) is 0.762. The SMILES string of the molecule is CC(C(=O)N(C)CC(=O)NCC1(O)CCCCCC1)n1cccn1. The van der Waals surface area contributed by atoms with Gasteiger partial charge < -0.3 is 15.3 Å². The molecule has 2 amide bonds. The molecule has 0 bridgehead atoms. The molecule has 2 N–H and O–H groups in total. The van der Waals surface area contributed by atoms with Crippen molar-refractivity contribution < 1.29 is 14.7 Å². The van der Waals surface area contributed by atoms with E-state index in [0.29, 0.717) is 0 Å². The molecule has 1 saturated carbocycles. The van der Waals surface area contributed by atoms with E-state index in [0.717, 1.165) is 38.5 Å². The lowest BCUT2D eigenvalue weighted by atomic mass is 9.94. The number of nitrogens with zero attached hydrogens (tertiary/aromatic N) is 3. The summed E-state index contributed by atoms with van der Waals surface area (Å²) in [6, 6.07) is 1.30. The summed E-state index contributed by atoms with van der Waals surface area (Å²) >= 11 is 0. The summed E-state index contributed by atoms with van der Waals surface area (Å²) in [4.78, 5) is 25.8. The highest BCUT2D eigenvalue weighted by Crippen LogP contribution is 2.26. The second kappa shape index (κ2) is 8.28. The number of aliphatic hydroxyl groups is 1. The molecule has 1 aromatic rings. The lowest BCUT2D eigenvalue weighted by Gasteiger charge is -2.27. The first-order valence-electron chi connectivity index (χ1n) is 8.64. The third-order valence-corrected chi connectivity index (χ3v) is 4.68. The Bertz CT molecular complexity index is 536. The molecule has 1 atom stereocenters. The van der Waals surface area contributed by atoms with Gasteiger partial charge in [-0.15, -0.1) is 0 Å². The van der Waals surface area contributed by atoms with Crippen LogP contribution >= 0.6 is 0 Å². The van der Waals surface area contributed by atoms with Crippen LogP contribution in [0, 0.1) is 0 Å². The van der Waals surface area contributed by atoms with Crippen LogP contribution in [0.15, 0.2) is 18.5 Å². The number of likely N-dealkylation sites (N-methyl/N-ethyl adjacent to an activating group) is 1. The van der Waals surface area contributed by atoms with Crippen molar-refractivity contribution in [3.63, 3.8) is 0 Å². The summed E-state index contributed by atoms with van der Waals surface area (Å²) in [7, 11) is 1.60. The zero-order chi connectivity index (χ0) is 17.6. The lowest BCUT2D eigenvalue weighted by Crippen LogP contribution is -2.46. The zero-order valence-electron chi connectivity index (χ0n) is 14.6. The molecule has 0 aliphatic heterocycles. The van der Waals surface area contributed by atoms with Gasteiger partial charge in [-0.3, -0.25) is 14.3 Å². The molecule has 0 aromatic carbocycles. The second-order valence-corrected chi connectivity index (χ2v) is 6.77. The standard InChI is InChI=1S/C17H28N4O3/c1-14(21-11-7-10-19-21)16(23)20(2)12-15(22)18-13-17(24)8-5-3-4-6-9-17/h7,10-11,14,24H,3-6,8-9,12-13H2,1-2H3,(H,18,22). The van der Waals surface area contributed by atoms with Crippen LogP contribution < -0.4 is 5.32 Å². The zero-order valence-corrected chi connectivity index (χ0v) is 14.6. The van der Waals surface area contributed by atoms with Gasteiger partial charge in [-0.1, -0.05) is 25.7 Å². The predicted molar refractivity (Wildman–Crippen MR) is 90.2 cm³/mol. The van der Waals surface area contributed by atoms with E-state index in [-0.39, 0.29) is 24.9 Å². The Labute approximate surface area is 143 Å². The number of aromatic nitrogens is 2. The van der Waals surface area contributed by atoms with E-state index in [1.54, 1.807) is 37.1 Å². The highest BCUT2D eigenvalue weighted by atomic mass is 16.3. The molecule has 7 heteroatoms. The maximum atomic E-state index is 12.3. The maximum absolute atomic E-state index is 12.3. The average molecular weight is 336 g/mol. The molecule has 134 valence electrons. The van der Waals surface area contributed by atoms with Crippen LogP contribution in [-0.4, -0.2) is 57.3 Å². The molecular formula is C17H28N4O3. The first kappa shape index (κ1) is 18.4. The Morgan fingerprint density at radius 2 is 2.00 bits per heavy atom. The van der Waals surface area contributed by atoms with Gasteiger partial charge in [0.2, 0.25) is 11.8 Å². The Morgan fingerprint density at radius 1 is 1.33 bits per heavy atom. The minimum absolute atomic E-state index is 0.0273. The van der Waals surface area contributed by atoms with Crippen LogP contribution in [-0.2, 0) is 9.59 Å². The normalized spacial score (nSPS) is 18.5. The second-order valence-electron chi connectivity index (χ2n) is 6.77. The molecule has 1 aliphatic carbocycles. The molecular weight excluding hydrogens is 308 g/mol. The lowest BCUT2D eigenvalue weighted by molar-refractivity contribution is -0.137. The summed E-state index contributed by atoms with van der Waals surface area (Å²) in [6.07, 6.45) is 9.04. The van der Waals surface area contributed by atoms with Crippen molar-refractivity contribution in [3.05, 3.63) is 18.5 Å². The van der Waals surface area contributed by atoms with Gasteiger partial charge in [-0.2, -0.15) is 5.10 Å². The molecule has 1 aliphatic rings. The van der Waals surface area contributed by atoms with Crippen molar-refractivity contribution in [2.75, 3.05) is 20.1 Å². The van der Waals surface area contributed by atoms with Gasteiger partial charge in [0.25, 0.3) is 0 Å². The Hall–Kier alpha value is -1.89. The van der Waals surface area contributed by atoms with Crippen LogP contribution in [0.4, 0.5) is 0 Å². The minimum Gasteiger partial charge on any atom is -0.388 e. The molecule has 1 unspecified atom stereocenters. The van der Waals surface area contributed by atoms with Gasteiger partial charge in [-0.05, 0) is 25.8 Å². The molecule has 1 aromatic heterocycles. The van der Waals surface area contributed by atoms with E-state index in [1.165, 1.54) is 4.90 Å². The number of hydrogen-bond donors (Lipinski definition) is 2. The number of rotatable bonds is 6. The number of hydrogen-bond acceptors (Lipinski definition) is 4. The Balaban J connectivity index is 1.79. The first-order valence-corrected chi connectivity index (χ1v) is 8.64. The van der Waals surface area contributed by atoms with Crippen molar-refractivity contribution in [1.82, 2.24) is 20.0 Å². The van der Waals surface area contributed by atoms with Crippen molar-refractivity contribution >= 4 is 11.8 Å². The summed E-state index contributed by atoms with van der Waals surface area (Å²) in [5.74, 6) is -0.432. The molecule has 0 saturated heterocycles. The molecule has 0 spiro atoms. The third kappa shape index (κ3) is 5.06. The van der Waals surface area contributed by atoms with E-state index in [9.17, 15) is 14.7 Å². The van der Waals surface area contributed by atoms with Crippen LogP contribution in [0.3, 0.4) is 0 Å². The summed E-state index contributed by atoms with van der Waals surface area (Å²) in [5.41, 5.74) is -0.808. The van der Waals surface area contributed by atoms with Gasteiger partial charge in [0.05, 0.1) is 12.1 Å². The van der Waals surface area contributed by atoms with Crippen LogP contribution in [0.2, 0.25) is 0 Å². The molecule has 0 radical (unpaired) electrons. The molecule has 2 rings (SSSR count). The van der Waals surface area contributed by atoms with Crippen molar-refractivity contribution in [3.8, 4) is 0 Å². The van der Waals surface area contributed by atoms with Crippen LogP contribution in [0.5, 0.6) is 0 Å². The van der Waals surface area contributed by atoms with Crippen LogP contribution in [0.25, 0.3) is 0 Å². The highest BCUT2D eigenvalue weighted by Gasteiger charge is 2.29. The van der Waals surface area contributed by atoms with E-state index >= 15 is 0 Å². The molecule has 7 nitrogen and oxygen atoms in total. The van der Waals surface area contributed by atoms with E-state index < -0.39 is 11.6 Å². The van der Waals surface area contributed by atoms with E-state index in [2.05, 4.69) is 10.4 Å². The van der Waals surface area contributed by atoms with Gasteiger partial charge in [0, 0.05) is 26.0 Å². The fraction of sp³-hybridized carbons (Fsp3) is 0.706. The van der Waals surface area contributed by atoms with Gasteiger partial charge >= 0.3 is 0 Å². The monoisotopic (exact) mass is 336 g/mol. The molecule has 24 heavy (non-hydrogen) atoms. The maximum Gasteiger partial charge on any atom is 0.247 e. The van der Waals surface area contributed by atoms with Crippen molar-refractivity contribution in [1.29, 1.82) is 0 Å². The summed E-state index contributed by atoms with van der Waals surface area (Å²) in [6.45, 7) is 1.97. The fourth-order valence-electron chi connectivity index (χ4n) is 3.12. The van der Waals surface area contributed by atoms with Gasteiger partial charge in [-0.25, -0.2) is 0 Å². The van der Waals surface area contributed by atoms with Gasteiger partial charge in [0.1, 0.15) is 6.04 Å². The fourth-order valence-corrected chi connectivity index (χ4v) is 3.12. The third-order valence-electron chi connectivity index (χ3n) is 4.68. The van der Waals surface area contributed by atoms with Gasteiger partial charge in [0.15, 0.2) is 0 Å². The largest absolute Gasteiger partial charge is 0.388 e. The smallest absolute Gasteiger partial charge is 0.247 e. The topological polar surface area (TPSA) is 87.5 Å². The van der Waals surface area contributed by atoms with Crippen molar-refractivity contribution in [2.24, 2.45) is 0 Å². The highest BCUT2D eigenvalue weighted by molar-refractivity contribution is 5.86. The Kier molecular flexibility index (Phi) is 6.36. The number of carbonyl (C=O) groups excluding carboxylic acids is 2. The van der Waals surface area contributed by atoms with E-state index in [1.807, 2.05) is 0 Å². The number of carbonyl (C=O) groups is 2. The Morgan fingerprint density at radius 3 is 2.58 bits per heavy atom. The number of amides is 2. The average Bonchev–Trinajstić information content (AvgIpc) is 3.01. The molecule has 1 fully saturated rings. The minimum atomic E-state index is -0.808. The summed E-state index contributed by atoms with van der Waals surface area (Å²) < 4.78 is 1.56. The number of nitrogens with one attached hydrogen (secondary N) is 1. The van der Waals surface area contributed by atoms with Crippen LogP contribution in [0.1, 0.15) is 51.5 Å². The van der Waals surface area contributed by atoms with E-state index in [4.69, 9.17) is 0 Å². The molecule has 1 heterocycles. The van der Waals surface area contributed by atoms with Crippen molar-refractivity contribution in [2.45, 2.75) is 57.1 Å².